The van der Waals surface area contributed by atoms with Crippen molar-refractivity contribution < 1.29 is 14.3 Å². The van der Waals surface area contributed by atoms with Crippen molar-refractivity contribution in [3.63, 3.8) is 0 Å². The molecule has 27 heavy (non-hydrogen) atoms. The number of carbonyl (C=O) groups is 1. The highest BCUT2D eigenvalue weighted by molar-refractivity contribution is 5.94. The molecular weight excluding hydrogens is 346 g/mol. The first kappa shape index (κ1) is 18.2. The van der Waals surface area contributed by atoms with Gasteiger partial charge in [-0.2, -0.15) is 0 Å². The van der Waals surface area contributed by atoms with Crippen LogP contribution in [0.5, 0.6) is 11.5 Å². The van der Waals surface area contributed by atoms with Crippen molar-refractivity contribution in [2.24, 2.45) is 0 Å². The van der Waals surface area contributed by atoms with E-state index in [1.54, 1.807) is 25.3 Å². The molecule has 0 aliphatic carbocycles. The molecular formula is C19H21N5O3. The third-order valence-electron chi connectivity index (χ3n) is 3.88. The minimum atomic E-state index is -0.188. The summed E-state index contributed by atoms with van der Waals surface area (Å²) in [7, 11) is 3.09. The molecule has 1 amide bonds. The number of anilines is 1. The van der Waals surface area contributed by atoms with Gasteiger partial charge in [0, 0.05) is 31.0 Å². The van der Waals surface area contributed by atoms with Crippen LogP contribution in [0, 0.1) is 0 Å². The second kappa shape index (κ2) is 8.70. The molecule has 0 bridgehead atoms. The maximum atomic E-state index is 12.2. The van der Waals surface area contributed by atoms with E-state index in [1.807, 2.05) is 41.2 Å². The van der Waals surface area contributed by atoms with Crippen molar-refractivity contribution >= 4 is 11.7 Å². The van der Waals surface area contributed by atoms with Crippen molar-refractivity contribution in [3.8, 4) is 17.3 Å². The first-order chi connectivity index (χ1) is 13.2. The molecule has 0 fully saturated rings. The fourth-order valence-electron chi connectivity index (χ4n) is 2.49. The molecule has 140 valence electrons. The third-order valence-corrected chi connectivity index (χ3v) is 3.88. The first-order valence-corrected chi connectivity index (χ1v) is 8.42. The Kier molecular flexibility index (Phi) is 5.88. The van der Waals surface area contributed by atoms with Gasteiger partial charge >= 0.3 is 0 Å². The van der Waals surface area contributed by atoms with Gasteiger partial charge in [-0.05, 0) is 42.5 Å². The highest BCUT2D eigenvalue weighted by atomic mass is 16.5. The van der Waals surface area contributed by atoms with Gasteiger partial charge in [0.1, 0.15) is 5.82 Å². The Morgan fingerprint density at radius 1 is 1.00 bits per heavy atom. The summed E-state index contributed by atoms with van der Waals surface area (Å²) >= 11 is 0. The SMILES string of the molecule is COc1ccc(C(=O)NCCNc2ccc(-n3cccc3)nn2)cc1OC. The van der Waals surface area contributed by atoms with E-state index >= 15 is 0 Å². The van der Waals surface area contributed by atoms with Gasteiger partial charge in [0.2, 0.25) is 0 Å². The molecule has 0 atom stereocenters. The van der Waals surface area contributed by atoms with Crippen molar-refractivity contribution in [3.05, 3.63) is 60.4 Å². The average molecular weight is 367 g/mol. The van der Waals surface area contributed by atoms with Gasteiger partial charge in [0.25, 0.3) is 5.91 Å². The summed E-state index contributed by atoms with van der Waals surface area (Å²) in [5, 5.41) is 14.2. The Labute approximate surface area is 157 Å². The van der Waals surface area contributed by atoms with Crippen molar-refractivity contribution in [2.75, 3.05) is 32.6 Å². The molecule has 2 N–H and O–H groups in total. The number of amides is 1. The zero-order valence-electron chi connectivity index (χ0n) is 15.2. The van der Waals surface area contributed by atoms with Crippen LogP contribution in [-0.2, 0) is 0 Å². The summed E-state index contributed by atoms with van der Waals surface area (Å²) in [5.74, 6) is 2.30. The summed E-state index contributed by atoms with van der Waals surface area (Å²) in [5.41, 5.74) is 0.503. The predicted octanol–water partition coefficient (Wildman–Crippen LogP) is 2.13. The van der Waals surface area contributed by atoms with Gasteiger partial charge in [-0.25, -0.2) is 0 Å². The largest absolute Gasteiger partial charge is 0.493 e. The normalized spacial score (nSPS) is 10.3. The number of nitrogens with one attached hydrogen (secondary N) is 2. The molecule has 0 spiro atoms. The van der Waals surface area contributed by atoms with Crippen molar-refractivity contribution in [2.45, 2.75) is 0 Å². The van der Waals surface area contributed by atoms with Gasteiger partial charge in [-0.15, -0.1) is 10.2 Å². The van der Waals surface area contributed by atoms with Crippen LogP contribution in [0.2, 0.25) is 0 Å². The van der Waals surface area contributed by atoms with Crippen molar-refractivity contribution in [1.29, 1.82) is 0 Å². The predicted molar refractivity (Wildman–Crippen MR) is 102 cm³/mol. The lowest BCUT2D eigenvalue weighted by Gasteiger charge is -2.10. The van der Waals surface area contributed by atoms with Crippen LogP contribution < -0.4 is 20.1 Å². The van der Waals surface area contributed by atoms with E-state index in [0.717, 1.165) is 5.82 Å². The van der Waals surface area contributed by atoms with Crippen LogP contribution in [0.15, 0.2) is 54.9 Å². The molecule has 0 saturated heterocycles. The Morgan fingerprint density at radius 3 is 2.44 bits per heavy atom. The Morgan fingerprint density at radius 2 is 1.78 bits per heavy atom. The number of ether oxygens (including phenoxy) is 2. The van der Waals surface area contributed by atoms with Gasteiger partial charge in [-0.1, -0.05) is 0 Å². The summed E-state index contributed by atoms with van der Waals surface area (Å²) in [6.07, 6.45) is 3.81. The maximum absolute atomic E-state index is 12.2. The van der Waals surface area contributed by atoms with Gasteiger partial charge in [0.05, 0.1) is 14.2 Å². The van der Waals surface area contributed by atoms with Gasteiger partial charge < -0.3 is 24.7 Å². The van der Waals surface area contributed by atoms with E-state index in [9.17, 15) is 4.79 Å². The third kappa shape index (κ3) is 4.55. The molecule has 1 aromatic carbocycles. The zero-order chi connectivity index (χ0) is 19.1. The van der Waals surface area contributed by atoms with E-state index in [0.29, 0.717) is 36.0 Å². The number of benzene rings is 1. The lowest BCUT2D eigenvalue weighted by Crippen LogP contribution is -2.29. The molecule has 8 nitrogen and oxygen atoms in total. The van der Waals surface area contributed by atoms with Crippen molar-refractivity contribution in [1.82, 2.24) is 20.1 Å². The molecule has 0 unspecified atom stereocenters. The first-order valence-electron chi connectivity index (χ1n) is 8.42. The van der Waals surface area contributed by atoms with Gasteiger partial charge in [-0.3, -0.25) is 4.79 Å². The van der Waals surface area contributed by atoms with Crippen LogP contribution in [0.1, 0.15) is 10.4 Å². The number of hydrogen-bond acceptors (Lipinski definition) is 6. The Bertz CT molecular complexity index is 879. The lowest BCUT2D eigenvalue weighted by molar-refractivity contribution is 0.0954. The summed E-state index contributed by atoms with van der Waals surface area (Å²) < 4.78 is 12.3. The van der Waals surface area contributed by atoms with Crippen LogP contribution >= 0.6 is 0 Å². The zero-order valence-corrected chi connectivity index (χ0v) is 15.2. The topological polar surface area (TPSA) is 90.3 Å². The number of nitrogens with zero attached hydrogens (tertiary/aromatic N) is 3. The summed E-state index contributed by atoms with van der Waals surface area (Å²) in [6.45, 7) is 0.963. The van der Waals surface area contributed by atoms with E-state index in [2.05, 4.69) is 20.8 Å². The number of methoxy groups -OCH3 is 2. The second-order valence-electron chi connectivity index (χ2n) is 5.62. The quantitative estimate of drug-likeness (QED) is 0.593. The average Bonchev–Trinajstić information content (AvgIpc) is 3.25. The second-order valence-corrected chi connectivity index (χ2v) is 5.62. The highest BCUT2D eigenvalue weighted by Gasteiger charge is 2.10. The van der Waals surface area contributed by atoms with E-state index in [1.165, 1.54) is 7.11 Å². The molecule has 3 aromatic rings. The molecule has 2 aromatic heterocycles. The van der Waals surface area contributed by atoms with E-state index in [4.69, 9.17) is 9.47 Å². The van der Waals surface area contributed by atoms with Crippen LogP contribution in [0.3, 0.4) is 0 Å². The standard InChI is InChI=1S/C19H21N5O3/c1-26-15-6-5-14(13-16(15)27-2)19(25)21-10-9-20-17-7-8-18(23-22-17)24-11-3-4-12-24/h3-8,11-13H,9-10H2,1-2H3,(H,20,22)(H,21,25). The molecule has 3 rings (SSSR count). The van der Waals surface area contributed by atoms with Gasteiger partial charge in [0.15, 0.2) is 17.3 Å². The molecule has 0 saturated carbocycles. The van der Waals surface area contributed by atoms with Crippen LogP contribution in [-0.4, -0.2) is 48.0 Å². The number of hydrogen-bond donors (Lipinski definition) is 2. The molecule has 0 aliphatic heterocycles. The van der Waals surface area contributed by atoms with E-state index < -0.39 is 0 Å². The Balaban J connectivity index is 1.48. The van der Waals surface area contributed by atoms with Crippen LogP contribution in [0.25, 0.3) is 5.82 Å². The monoisotopic (exact) mass is 367 g/mol. The minimum absolute atomic E-state index is 0.188. The van der Waals surface area contributed by atoms with E-state index in [-0.39, 0.29) is 5.91 Å². The molecule has 2 heterocycles. The number of carbonyl (C=O) groups excluding carboxylic acids is 1. The lowest BCUT2D eigenvalue weighted by atomic mass is 10.2. The Hall–Kier alpha value is -3.55. The highest BCUT2D eigenvalue weighted by Crippen LogP contribution is 2.27. The molecule has 0 radical (unpaired) electrons. The smallest absolute Gasteiger partial charge is 0.251 e. The van der Waals surface area contributed by atoms with Crippen LogP contribution in [0.4, 0.5) is 5.82 Å². The fourth-order valence-corrected chi connectivity index (χ4v) is 2.49. The fraction of sp³-hybridized carbons (Fsp3) is 0.211. The maximum Gasteiger partial charge on any atom is 0.251 e. The summed E-state index contributed by atoms with van der Waals surface area (Å²) in [4.78, 5) is 12.2. The number of rotatable bonds is 8. The molecule has 0 aliphatic rings. The summed E-state index contributed by atoms with van der Waals surface area (Å²) in [6, 6.07) is 12.6. The number of aromatic nitrogens is 3. The molecule has 8 heteroatoms. The minimum Gasteiger partial charge on any atom is -0.493 e.